The Balaban J connectivity index is 1.67. The number of unbranched alkanes of at least 4 members (excludes halogenated alkanes) is 13. The third-order valence-corrected chi connectivity index (χ3v) is 5.98. The summed E-state index contributed by atoms with van der Waals surface area (Å²) in [6.07, 6.45) is 28.1. The van der Waals surface area contributed by atoms with Crippen LogP contribution in [0.2, 0.25) is 0 Å². The second-order valence-electron chi connectivity index (χ2n) is 8.39. The molecule has 0 aromatic rings. The molecule has 1 aliphatic rings. The lowest BCUT2D eigenvalue weighted by atomic mass is 9.85. The summed E-state index contributed by atoms with van der Waals surface area (Å²) >= 11 is 0. The maximum absolute atomic E-state index is 10.4. The summed E-state index contributed by atoms with van der Waals surface area (Å²) in [5, 5.41) is 8.57. The molecule has 0 atom stereocenters. The molecule has 1 fully saturated rings. The first-order valence-corrected chi connectivity index (χ1v) is 11.5. The van der Waals surface area contributed by atoms with E-state index in [4.69, 9.17) is 5.11 Å². The summed E-state index contributed by atoms with van der Waals surface area (Å²) in [4.78, 5) is 10.4. The van der Waals surface area contributed by atoms with Gasteiger partial charge in [-0.2, -0.15) is 0 Å². The van der Waals surface area contributed by atoms with Gasteiger partial charge in [-0.3, -0.25) is 4.79 Å². The number of hydrogen-bond acceptors (Lipinski definition) is 1. The number of hydrogen-bond donors (Lipinski definition) is 1. The molecule has 1 aliphatic carbocycles. The number of rotatable bonds is 17. The topological polar surface area (TPSA) is 37.3 Å². The predicted molar refractivity (Wildman–Crippen MR) is 108 cm³/mol. The molecule has 148 valence electrons. The first-order chi connectivity index (χ1) is 12.3. The van der Waals surface area contributed by atoms with E-state index < -0.39 is 5.97 Å². The van der Waals surface area contributed by atoms with Crippen molar-refractivity contribution in [2.75, 3.05) is 0 Å². The van der Waals surface area contributed by atoms with Crippen molar-refractivity contribution in [2.24, 2.45) is 5.92 Å². The molecule has 1 rings (SSSR count). The van der Waals surface area contributed by atoms with Crippen molar-refractivity contribution in [1.82, 2.24) is 0 Å². The molecule has 0 saturated heterocycles. The lowest BCUT2D eigenvalue weighted by molar-refractivity contribution is -0.137. The van der Waals surface area contributed by atoms with Crippen LogP contribution in [0.1, 0.15) is 135 Å². The van der Waals surface area contributed by atoms with Crippen LogP contribution in [0.15, 0.2) is 0 Å². The average Bonchev–Trinajstić information content (AvgIpc) is 2.62. The minimum absolute atomic E-state index is 0.348. The fraction of sp³-hybridized carbons (Fsp3) is 0.957. The van der Waals surface area contributed by atoms with Crippen molar-refractivity contribution in [1.29, 1.82) is 0 Å². The summed E-state index contributed by atoms with van der Waals surface area (Å²) in [5.74, 6) is 0.426. The predicted octanol–water partition coefficient (Wildman–Crippen LogP) is 7.89. The first kappa shape index (κ1) is 22.5. The van der Waals surface area contributed by atoms with Crippen LogP contribution in [0.5, 0.6) is 0 Å². The molecule has 2 nitrogen and oxygen atoms in total. The molecule has 0 aromatic carbocycles. The van der Waals surface area contributed by atoms with Gasteiger partial charge in [-0.15, -0.1) is 0 Å². The third kappa shape index (κ3) is 15.4. The molecule has 0 unspecified atom stereocenters. The van der Waals surface area contributed by atoms with Crippen LogP contribution in [0.25, 0.3) is 0 Å². The van der Waals surface area contributed by atoms with Gasteiger partial charge in [-0.1, -0.05) is 122 Å². The Labute approximate surface area is 157 Å². The van der Waals surface area contributed by atoms with Crippen molar-refractivity contribution in [3.05, 3.63) is 0 Å². The minimum atomic E-state index is -0.649. The second kappa shape index (κ2) is 16.9. The van der Waals surface area contributed by atoms with E-state index in [1.165, 1.54) is 116 Å². The smallest absolute Gasteiger partial charge is 0.303 e. The molecule has 0 bridgehead atoms. The number of carbonyl (C=O) groups is 1. The lowest BCUT2D eigenvalue weighted by Gasteiger charge is -2.21. The van der Waals surface area contributed by atoms with Crippen molar-refractivity contribution >= 4 is 5.97 Å². The monoisotopic (exact) mass is 352 g/mol. The SMILES string of the molecule is O=C(O)CCCCCCCCCCCCCCCCC1CCCCC1. The molecule has 0 aliphatic heterocycles. The van der Waals surface area contributed by atoms with Crippen LogP contribution in [-0.2, 0) is 4.79 Å². The molecule has 0 aromatic heterocycles. The van der Waals surface area contributed by atoms with Gasteiger partial charge in [0.05, 0.1) is 0 Å². The number of aliphatic carboxylic acids is 1. The molecule has 2 heteroatoms. The Kier molecular flexibility index (Phi) is 15.2. The van der Waals surface area contributed by atoms with Gasteiger partial charge >= 0.3 is 5.97 Å². The Morgan fingerprint density at radius 2 is 1.00 bits per heavy atom. The summed E-state index contributed by atoms with van der Waals surface area (Å²) in [7, 11) is 0. The van der Waals surface area contributed by atoms with Crippen LogP contribution in [0.4, 0.5) is 0 Å². The zero-order valence-electron chi connectivity index (χ0n) is 16.8. The molecule has 0 amide bonds. The average molecular weight is 353 g/mol. The van der Waals surface area contributed by atoms with Gasteiger partial charge in [0.1, 0.15) is 0 Å². The number of carboxylic acids is 1. The molecule has 1 saturated carbocycles. The van der Waals surface area contributed by atoms with E-state index in [1.807, 2.05) is 0 Å². The molecule has 0 heterocycles. The van der Waals surface area contributed by atoms with Gasteiger partial charge in [-0.25, -0.2) is 0 Å². The fourth-order valence-corrected chi connectivity index (χ4v) is 4.31. The van der Waals surface area contributed by atoms with E-state index in [0.717, 1.165) is 18.8 Å². The Morgan fingerprint density at radius 3 is 1.44 bits per heavy atom. The molecule has 1 N–H and O–H groups in total. The highest BCUT2D eigenvalue weighted by atomic mass is 16.4. The van der Waals surface area contributed by atoms with E-state index in [-0.39, 0.29) is 0 Å². The fourth-order valence-electron chi connectivity index (χ4n) is 4.31. The highest BCUT2D eigenvalue weighted by Crippen LogP contribution is 2.28. The molecule has 0 radical (unpaired) electrons. The van der Waals surface area contributed by atoms with Crippen molar-refractivity contribution in [3.8, 4) is 0 Å². The van der Waals surface area contributed by atoms with E-state index >= 15 is 0 Å². The van der Waals surface area contributed by atoms with E-state index in [0.29, 0.717) is 6.42 Å². The van der Waals surface area contributed by atoms with Gasteiger partial charge in [-0.05, 0) is 12.3 Å². The highest BCUT2D eigenvalue weighted by molar-refractivity contribution is 5.66. The van der Waals surface area contributed by atoms with Crippen LogP contribution in [0, 0.1) is 5.92 Å². The van der Waals surface area contributed by atoms with Crippen LogP contribution < -0.4 is 0 Å². The molecular formula is C23H44O2. The highest BCUT2D eigenvalue weighted by Gasteiger charge is 2.12. The zero-order valence-corrected chi connectivity index (χ0v) is 16.8. The summed E-state index contributed by atoms with van der Waals surface area (Å²) in [6.45, 7) is 0. The first-order valence-electron chi connectivity index (χ1n) is 11.5. The quantitative estimate of drug-likeness (QED) is 0.270. The van der Waals surface area contributed by atoms with Crippen molar-refractivity contribution in [2.45, 2.75) is 135 Å². The molecule has 0 spiro atoms. The Morgan fingerprint density at radius 1 is 0.600 bits per heavy atom. The normalized spacial score (nSPS) is 15.5. The van der Waals surface area contributed by atoms with Gasteiger partial charge in [0.25, 0.3) is 0 Å². The lowest BCUT2D eigenvalue weighted by Crippen LogP contribution is -2.05. The van der Waals surface area contributed by atoms with E-state index in [1.54, 1.807) is 0 Å². The van der Waals surface area contributed by atoms with Crippen molar-refractivity contribution in [3.63, 3.8) is 0 Å². The number of carboxylic acid groups (broad SMARTS) is 1. The van der Waals surface area contributed by atoms with Gasteiger partial charge in [0.2, 0.25) is 0 Å². The summed E-state index contributed by atoms with van der Waals surface area (Å²) < 4.78 is 0. The van der Waals surface area contributed by atoms with Crippen molar-refractivity contribution < 1.29 is 9.90 Å². The zero-order chi connectivity index (χ0) is 18.0. The molecule has 25 heavy (non-hydrogen) atoms. The second-order valence-corrected chi connectivity index (χ2v) is 8.39. The van der Waals surface area contributed by atoms with Gasteiger partial charge in [0.15, 0.2) is 0 Å². The maximum atomic E-state index is 10.4. The largest absolute Gasteiger partial charge is 0.481 e. The van der Waals surface area contributed by atoms with Crippen LogP contribution >= 0.6 is 0 Å². The Hall–Kier alpha value is -0.530. The minimum Gasteiger partial charge on any atom is -0.481 e. The summed E-state index contributed by atoms with van der Waals surface area (Å²) in [6, 6.07) is 0. The van der Waals surface area contributed by atoms with Crippen LogP contribution in [0.3, 0.4) is 0 Å². The van der Waals surface area contributed by atoms with E-state index in [2.05, 4.69) is 0 Å². The Bertz CT molecular complexity index is 294. The van der Waals surface area contributed by atoms with Crippen LogP contribution in [-0.4, -0.2) is 11.1 Å². The third-order valence-electron chi connectivity index (χ3n) is 5.98. The van der Waals surface area contributed by atoms with E-state index in [9.17, 15) is 4.79 Å². The van der Waals surface area contributed by atoms with Gasteiger partial charge in [0, 0.05) is 6.42 Å². The maximum Gasteiger partial charge on any atom is 0.303 e. The van der Waals surface area contributed by atoms with Gasteiger partial charge < -0.3 is 5.11 Å². The summed E-state index contributed by atoms with van der Waals surface area (Å²) in [5.41, 5.74) is 0. The molecular weight excluding hydrogens is 308 g/mol. The standard InChI is InChI=1S/C23H44O2/c24-23(25)21-17-12-10-8-6-4-2-1-3-5-7-9-11-14-18-22-19-15-13-16-20-22/h22H,1-21H2,(H,24,25).